The number of carboxylic acids is 1. The van der Waals surface area contributed by atoms with Crippen molar-refractivity contribution in [2.75, 3.05) is 4.72 Å². The Hall–Kier alpha value is -2.13. The number of rotatable bonds is 4. The number of hydrogen-bond acceptors (Lipinski definition) is 5. The number of halogens is 1. The molecule has 10 heteroatoms. The van der Waals surface area contributed by atoms with E-state index >= 15 is 0 Å². The SMILES string of the molecule is Cc1cnc(Cl)c(NS(=O)(=O)c2[nH]ncc2C(=O)O)c1. The fourth-order valence-electron chi connectivity index (χ4n) is 1.45. The number of carbonyl (C=O) groups is 1. The number of aromatic carboxylic acids is 1. The summed E-state index contributed by atoms with van der Waals surface area (Å²) in [5, 5.41) is 13.8. The van der Waals surface area contributed by atoms with E-state index in [2.05, 4.69) is 19.9 Å². The van der Waals surface area contributed by atoms with Crippen LogP contribution in [-0.4, -0.2) is 34.7 Å². The van der Waals surface area contributed by atoms with Gasteiger partial charge < -0.3 is 5.11 Å². The molecule has 106 valence electrons. The largest absolute Gasteiger partial charge is 0.478 e. The van der Waals surface area contributed by atoms with Gasteiger partial charge in [0.05, 0.1) is 11.9 Å². The van der Waals surface area contributed by atoms with E-state index in [1.165, 1.54) is 12.3 Å². The van der Waals surface area contributed by atoms with Gasteiger partial charge in [-0.05, 0) is 18.6 Å². The predicted octanol–water partition coefficient (Wildman–Crippen LogP) is 1.27. The number of nitrogens with one attached hydrogen (secondary N) is 2. The first-order chi connectivity index (χ1) is 9.31. The normalized spacial score (nSPS) is 11.3. The number of hydrogen-bond donors (Lipinski definition) is 3. The molecule has 0 aliphatic heterocycles. The molecule has 2 rings (SSSR count). The molecular formula is C10H9ClN4O4S. The Kier molecular flexibility index (Phi) is 3.64. The minimum absolute atomic E-state index is 0.0458. The molecule has 3 N–H and O–H groups in total. The molecule has 2 aromatic heterocycles. The lowest BCUT2D eigenvalue weighted by atomic mass is 10.3. The number of anilines is 1. The van der Waals surface area contributed by atoms with E-state index in [-0.39, 0.29) is 10.8 Å². The van der Waals surface area contributed by atoms with Crippen LogP contribution in [0.3, 0.4) is 0 Å². The van der Waals surface area contributed by atoms with Crippen molar-refractivity contribution in [2.45, 2.75) is 11.9 Å². The first kappa shape index (κ1) is 14.3. The summed E-state index contributed by atoms with van der Waals surface area (Å²) in [6, 6.07) is 1.48. The van der Waals surface area contributed by atoms with Crippen molar-refractivity contribution in [2.24, 2.45) is 0 Å². The van der Waals surface area contributed by atoms with Gasteiger partial charge in [-0.3, -0.25) is 9.82 Å². The van der Waals surface area contributed by atoms with Gasteiger partial charge in [0.2, 0.25) is 0 Å². The average Bonchev–Trinajstić information content (AvgIpc) is 2.83. The molecule has 0 amide bonds. The first-order valence-electron chi connectivity index (χ1n) is 5.23. The summed E-state index contributed by atoms with van der Waals surface area (Å²) < 4.78 is 26.4. The van der Waals surface area contributed by atoms with Gasteiger partial charge >= 0.3 is 5.97 Å². The molecule has 2 aromatic rings. The second-order valence-electron chi connectivity index (χ2n) is 3.87. The van der Waals surface area contributed by atoms with Gasteiger partial charge in [-0.15, -0.1) is 0 Å². The molecule has 0 spiro atoms. The number of nitrogens with zero attached hydrogens (tertiary/aromatic N) is 2. The van der Waals surface area contributed by atoms with Crippen molar-refractivity contribution in [3.63, 3.8) is 0 Å². The van der Waals surface area contributed by atoms with Crippen LogP contribution in [-0.2, 0) is 10.0 Å². The van der Waals surface area contributed by atoms with E-state index in [1.807, 2.05) is 0 Å². The van der Waals surface area contributed by atoms with Crippen LogP contribution in [0.1, 0.15) is 15.9 Å². The van der Waals surface area contributed by atoms with Gasteiger partial charge in [0.1, 0.15) is 5.56 Å². The zero-order valence-electron chi connectivity index (χ0n) is 10.1. The van der Waals surface area contributed by atoms with Crippen molar-refractivity contribution >= 4 is 33.3 Å². The van der Waals surface area contributed by atoms with Gasteiger partial charge in [-0.2, -0.15) is 13.5 Å². The van der Waals surface area contributed by atoms with E-state index in [4.69, 9.17) is 16.7 Å². The molecule has 0 radical (unpaired) electrons. The third kappa shape index (κ3) is 2.73. The standard InChI is InChI=1S/C10H9ClN4O4S/c1-5-2-7(8(11)12-3-5)15-20(18,19)9-6(10(16)17)4-13-14-9/h2-4,15H,1H3,(H,13,14)(H,16,17). The summed E-state index contributed by atoms with van der Waals surface area (Å²) in [5.41, 5.74) is 0.280. The number of pyridine rings is 1. The van der Waals surface area contributed by atoms with Crippen LogP contribution >= 0.6 is 11.6 Å². The lowest BCUT2D eigenvalue weighted by molar-refractivity contribution is 0.0692. The second-order valence-corrected chi connectivity index (χ2v) is 5.85. The topological polar surface area (TPSA) is 125 Å². The fraction of sp³-hybridized carbons (Fsp3) is 0.100. The number of H-pyrrole nitrogens is 1. The van der Waals surface area contributed by atoms with Crippen LogP contribution in [0.5, 0.6) is 0 Å². The monoisotopic (exact) mass is 316 g/mol. The van der Waals surface area contributed by atoms with Crippen LogP contribution in [0, 0.1) is 6.92 Å². The smallest absolute Gasteiger partial charge is 0.340 e. The Morgan fingerprint density at radius 2 is 2.15 bits per heavy atom. The lowest BCUT2D eigenvalue weighted by Crippen LogP contribution is -2.17. The van der Waals surface area contributed by atoms with E-state index in [0.29, 0.717) is 5.56 Å². The Bertz CT molecular complexity index is 771. The molecule has 0 unspecified atom stereocenters. The number of carboxylic acid groups (broad SMARTS) is 1. The molecule has 20 heavy (non-hydrogen) atoms. The number of aromatic amines is 1. The molecule has 0 saturated carbocycles. The van der Waals surface area contributed by atoms with Crippen LogP contribution in [0.15, 0.2) is 23.5 Å². The molecule has 8 nitrogen and oxygen atoms in total. The van der Waals surface area contributed by atoms with Crippen LogP contribution in [0.2, 0.25) is 5.15 Å². The molecule has 0 atom stereocenters. The Morgan fingerprint density at radius 1 is 1.45 bits per heavy atom. The highest BCUT2D eigenvalue weighted by Crippen LogP contribution is 2.23. The van der Waals surface area contributed by atoms with Gasteiger partial charge in [-0.25, -0.2) is 9.78 Å². The second kappa shape index (κ2) is 5.10. The minimum atomic E-state index is -4.16. The van der Waals surface area contributed by atoms with Gasteiger partial charge in [0.15, 0.2) is 10.2 Å². The van der Waals surface area contributed by atoms with Crippen LogP contribution < -0.4 is 4.72 Å². The zero-order valence-corrected chi connectivity index (χ0v) is 11.7. The van der Waals surface area contributed by atoms with Gasteiger partial charge in [0.25, 0.3) is 10.0 Å². The highest BCUT2D eigenvalue weighted by atomic mass is 35.5. The Morgan fingerprint density at radius 3 is 2.80 bits per heavy atom. The minimum Gasteiger partial charge on any atom is -0.478 e. The Labute approximate surface area is 118 Å². The highest BCUT2D eigenvalue weighted by molar-refractivity contribution is 7.92. The van der Waals surface area contributed by atoms with Crippen molar-refractivity contribution in [3.8, 4) is 0 Å². The highest BCUT2D eigenvalue weighted by Gasteiger charge is 2.25. The Balaban J connectivity index is 2.44. The maximum Gasteiger partial charge on any atom is 0.340 e. The van der Waals surface area contributed by atoms with Crippen LogP contribution in [0.4, 0.5) is 5.69 Å². The summed E-state index contributed by atoms with van der Waals surface area (Å²) in [4.78, 5) is 14.7. The number of aryl methyl sites for hydroxylation is 1. The molecular weight excluding hydrogens is 308 g/mol. The van der Waals surface area contributed by atoms with Crippen molar-refractivity contribution < 1.29 is 18.3 Å². The summed E-state index contributed by atoms with van der Waals surface area (Å²) in [5.74, 6) is -1.41. The molecule has 0 aliphatic carbocycles. The predicted molar refractivity (Wildman–Crippen MR) is 70.3 cm³/mol. The quantitative estimate of drug-likeness (QED) is 0.729. The molecule has 0 bridgehead atoms. The summed E-state index contributed by atoms with van der Waals surface area (Å²) in [6.07, 6.45) is 2.38. The molecule has 0 aliphatic rings. The fourth-order valence-corrected chi connectivity index (χ4v) is 2.81. The number of aromatic nitrogens is 3. The molecule has 0 aromatic carbocycles. The van der Waals surface area contributed by atoms with E-state index in [9.17, 15) is 13.2 Å². The first-order valence-corrected chi connectivity index (χ1v) is 7.09. The third-order valence-corrected chi connectivity index (χ3v) is 3.96. The maximum atomic E-state index is 12.1. The summed E-state index contributed by atoms with van der Waals surface area (Å²) in [6.45, 7) is 1.71. The molecule has 0 fully saturated rings. The van der Waals surface area contributed by atoms with Gasteiger partial charge in [0, 0.05) is 6.20 Å². The van der Waals surface area contributed by atoms with E-state index < -0.39 is 26.6 Å². The van der Waals surface area contributed by atoms with Crippen molar-refractivity contribution in [3.05, 3.63) is 34.7 Å². The van der Waals surface area contributed by atoms with E-state index in [0.717, 1.165) is 6.20 Å². The number of sulfonamides is 1. The lowest BCUT2D eigenvalue weighted by Gasteiger charge is -2.08. The maximum absolute atomic E-state index is 12.1. The van der Waals surface area contributed by atoms with E-state index in [1.54, 1.807) is 6.92 Å². The molecule has 2 heterocycles. The summed E-state index contributed by atoms with van der Waals surface area (Å²) >= 11 is 5.79. The van der Waals surface area contributed by atoms with Crippen LogP contribution in [0.25, 0.3) is 0 Å². The third-order valence-electron chi connectivity index (χ3n) is 2.32. The van der Waals surface area contributed by atoms with Crippen molar-refractivity contribution in [1.82, 2.24) is 15.2 Å². The zero-order chi connectivity index (χ0) is 14.9. The van der Waals surface area contributed by atoms with Crippen molar-refractivity contribution in [1.29, 1.82) is 0 Å². The summed E-state index contributed by atoms with van der Waals surface area (Å²) in [7, 11) is -4.16. The average molecular weight is 317 g/mol. The molecule has 0 saturated heterocycles. The van der Waals surface area contributed by atoms with Gasteiger partial charge in [-0.1, -0.05) is 11.6 Å².